The van der Waals surface area contributed by atoms with Crippen molar-refractivity contribution in [3.8, 4) is 28.2 Å². The first kappa shape index (κ1) is 20.6. The molecule has 3 heteroatoms. The fraction of sp³-hybridized carbons (Fsp3) is 0.0882. The number of aromatic amines is 1. The summed E-state index contributed by atoms with van der Waals surface area (Å²) in [6.07, 6.45) is 1.85. The van der Waals surface area contributed by atoms with Crippen molar-refractivity contribution in [1.82, 2.24) is 14.5 Å². The first-order valence-electron chi connectivity index (χ1n) is 12.8. The molecule has 7 aromatic rings. The van der Waals surface area contributed by atoms with Crippen molar-refractivity contribution in [2.24, 2.45) is 0 Å². The van der Waals surface area contributed by atoms with E-state index in [9.17, 15) is 0 Å². The Morgan fingerprint density at radius 1 is 0.703 bits per heavy atom. The fourth-order valence-electron chi connectivity index (χ4n) is 6.48. The van der Waals surface area contributed by atoms with E-state index < -0.39 is 0 Å². The highest BCUT2D eigenvalue weighted by Crippen LogP contribution is 2.54. The summed E-state index contributed by atoms with van der Waals surface area (Å²) in [7, 11) is 0. The Morgan fingerprint density at radius 3 is 2.32 bits per heavy atom. The van der Waals surface area contributed by atoms with Gasteiger partial charge in [0.25, 0.3) is 0 Å². The summed E-state index contributed by atoms with van der Waals surface area (Å²) in [5.41, 5.74) is 12.2. The Kier molecular flexibility index (Phi) is 4.00. The maximum absolute atomic E-state index is 4.58. The summed E-state index contributed by atoms with van der Waals surface area (Å²) in [6.45, 7) is 4.73. The summed E-state index contributed by atoms with van der Waals surface area (Å²) in [5, 5.41) is 3.80. The van der Waals surface area contributed by atoms with E-state index in [1.807, 2.05) is 18.3 Å². The van der Waals surface area contributed by atoms with Gasteiger partial charge in [-0.3, -0.25) is 4.98 Å². The van der Waals surface area contributed by atoms with Crippen LogP contribution in [0, 0.1) is 0 Å². The number of fused-ring (bicyclic) bond motifs is 8. The van der Waals surface area contributed by atoms with Crippen LogP contribution in [0.3, 0.4) is 0 Å². The lowest BCUT2D eigenvalue weighted by Crippen LogP contribution is -2.14. The first-order valence-corrected chi connectivity index (χ1v) is 12.8. The molecule has 1 N–H and O–H groups in total. The van der Waals surface area contributed by atoms with Crippen molar-refractivity contribution in [3.05, 3.63) is 120 Å². The molecule has 176 valence electrons. The zero-order valence-electron chi connectivity index (χ0n) is 20.8. The summed E-state index contributed by atoms with van der Waals surface area (Å²) in [6, 6.07) is 37.1. The van der Waals surface area contributed by atoms with Crippen LogP contribution < -0.4 is 0 Å². The lowest BCUT2D eigenvalue weighted by atomic mass is 9.81. The topological polar surface area (TPSA) is 33.6 Å². The Labute approximate surface area is 215 Å². The molecule has 0 fully saturated rings. The Bertz CT molecular complexity index is 1990. The van der Waals surface area contributed by atoms with Gasteiger partial charge in [-0.15, -0.1) is 0 Å². The van der Waals surface area contributed by atoms with Gasteiger partial charge in [-0.1, -0.05) is 68.4 Å². The molecule has 4 aromatic carbocycles. The number of nitrogens with one attached hydrogen (secondary N) is 1. The van der Waals surface area contributed by atoms with Gasteiger partial charge in [-0.2, -0.15) is 0 Å². The van der Waals surface area contributed by atoms with Gasteiger partial charge in [-0.25, -0.2) is 0 Å². The summed E-state index contributed by atoms with van der Waals surface area (Å²) in [5.74, 6) is 0. The molecule has 0 unspecified atom stereocenters. The van der Waals surface area contributed by atoms with Gasteiger partial charge < -0.3 is 9.55 Å². The number of hydrogen-bond donors (Lipinski definition) is 1. The molecule has 0 radical (unpaired) electrons. The van der Waals surface area contributed by atoms with Crippen LogP contribution in [0.1, 0.15) is 25.0 Å². The molecule has 1 aliphatic carbocycles. The van der Waals surface area contributed by atoms with Crippen molar-refractivity contribution in [2.75, 3.05) is 0 Å². The predicted octanol–water partition coefficient (Wildman–Crippen LogP) is 8.63. The molecule has 0 atom stereocenters. The third kappa shape index (κ3) is 2.74. The molecule has 3 nitrogen and oxygen atoms in total. The highest BCUT2D eigenvalue weighted by atomic mass is 15.0. The number of nitrogens with zero attached hydrogens (tertiary/aromatic N) is 2. The molecule has 3 aromatic heterocycles. The molecule has 0 bridgehead atoms. The molecule has 3 heterocycles. The molecule has 8 rings (SSSR count). The average molecular weight is 476 g/mol. The van der Waals surface area contributed by atoms with Gasteiger partial charge in [-0.05, 0) is 59.7 Å². The second kappa shape index (κ2) is 7.21. The average Bonchev–Trinajstić information content (AvgIpc) is 3.54. The lowest BCUT2D eigenvalue weighted by molar-refractivity contribution is 0.666. The third-order valence-corrected chi connectivity index (χ3v) is 8.14. The monoisotopic (exact) mass is 475 g/mol. The van der Waals surface area contributed by atoms with Crippen LogP contribution >= 0.6 is 0 Å². The standard InChI is InChI=1S/C34H25N3/c1-34(2)27-13-7-6-12-23(27)33-32(34)26-19-25-24-18-21(28-14-8-9-17-35-28)15-16-29(24)36-30(25)20-31(26)37(33)22-10-4-3-5-11-22/h3-20,36H,1-2H3. The number of rotatable bonds is 2. The molecule has 0 amide bonds. The number of pyridine rings is 1. The van der Waals surface area contributed by atoms with Crippen LogP contribution in [-0.2, 0) is 5.41 Å². The van der Waals surface area contributed by atoms with Gasteiger partial charge in [0.1, 0.15) is 0 Å². The Morgan fingerprint density at radius 2 is 1.49 bits per heavy atom. The number of benzene rings is 4. The van der Waals surface area contributed by atoms with Gasteiger partial charge >= 0.3 is 0 Å². The van der Waals surface area contributed by atoms with Gasteiger partial charge in [0, 0.05) is 55.6 Å². The van der Waals surface area contributed by atoms with E-state index in [0.717, 1.165) is 22.3 Å². The number of para-hydroxylation sites is 1. The number of aromatic nitrogens is 3. The summed E-state index contributed by atoms with van der Waals surface area (Å²) < 4.78 is 2.46. The molecule has 37 heavy (non-hydrogen) atoms. The smallest absolute Gasteiger partial charge is 0.0702 e. The number of H-pyrrole nitrogens is 1. The SMILES string of the molecule is CC1(C)c2ccccc2-c2c1c1cc3c(cc1n2-c1ccccc1)[nH]c1ccc(-c2ccccn2)cc13. The zero-order chi connectivity index (χ0) is 24.7. The van der Waals surface area contributed by atoms with E-state index in [2.05, 4.69) is 119 Å². The normalized spacial score (nSPS) is 13.9. The second-order valence-corrected chi connectivity index (χ2v) is 10.6. The zero-order valence-corrected chi connectivity index (χ0v) is 20.8. The summed E-state index contributed by atoms with van der Waals surface area (Å²) in [4.78, 5) is 8.28. The largest absolute Gasteiger partial charge is 0.354 e. The molecule has 0 saturated carbocycles. The maximum Gasteiger partial charge on any atom is 0.0702 e. The van der Waals surface area contributed by atoms with Gasteiger partial charge in [0.2, 0.25) is 0 Å². The predicted molar refractivity (Wildman–Crippen MR) is 153 cm³/mol. The van der Waals surface area contributed by atoms with Crippen molar-refractivity contribution in [2.45, 2.75) is 19.3 Å². The lowest BCUT2D eigenvalue weighted by Gasteiger charge is -2.21. The van der Waals surface area contributed by atoms with E-state index in [-0.39, 0.29) is 5.41 Å². The molecule has 0 spiro atoms. The van der Waals surface area contributed by atoms with Crippen LogP contribution in [0.5, 0.6) is 0 Å². The van der Waals surface area contributed by atoms with E-state index >= 15 is 0 Å². The van der Waals surface area contributed by atoms with Crippen molar-refractivity contribution in [1.29, 1.82) is 0 Å². The minimum atomic E-state index is -0.0941. The van der Waals surface area contributed by atoms with Crippen LogP contribution in [0.15, 0.2) is 109 Å². The third-order valence-electron chi connectivity index (χ3n) is 8.14. The van der Waals surface area contributed by atoms with Gasteiger partial charge in [0.15, 0.2) is 0 Å². The van der Waals surface area contributed by atoms with Crippen LogP contribution in [-0.4, -0.2) is 14.5 Å². The number of hydrogen-bond acceptors (Lipinski definition) is 1. The molecule has 1 aliphatic rings. The van der Waals surface area contributed by atoms with E-state index in [1.165, 1.54) is 49.7 Å². The highest BCUT2D eigenvalue weighted by Gasteiger charge is 2.40. The minimum absolute atomic E-state index is 0.0941. The fourth-order valence-corrected chi connectivity index (χ4v) is 6.48. The second-order valence-electron chi connectivity index (χ2n) is 10.6. The van der Waals surface area contributed by atoms with Crippen molar-refractivity contribution >= 4 is 32.7 Å². The van der Waals surface area contributed by atoms with E-state index in [4.69, 9.17) is 0 Å². The van der Waals surface area contributed by atoms with Gasteiger partial charge in [0.05, 0.1) is 16.9 Å². The van der Waals surface area contributed by atoms with Crippen LogP contribution in [0.2, 0.25) is 0 Å². The quantitative estimate of drug-likeness (QED) is 0.267. The highest BCUT2D eigenvalue weighted by molar-refractivity contribution is 6.14. The first-order chi connectivity index (χ1) is 18.1. The molecule has 0 saturated heterocycles. The minimum Gasteiger partial charge on any atom is -0.354 e. The maximum atomic E-state index is 4.58. The Balaban J connectivity index is 1.50. The van der Waals surface area contributed by atoms with E-state index in [1.54, 1.807) is 0 Å². The Hall–Kier alpha value is -4.63. The molecule has 0 aliphatic heterocycles. The summed E-state index contributed by atoms with van der Waals surface area (Å²) >= 11 is 0. The van der Waals surface area contributed by atoms with Crippen LogP contribution in [0.25, 0.3) is 60.9 Å². The molecular formula is C34H25N3. The van der Waals surface area contributed by atoms with Crippen molar-refractivity contribution < 1.29 is 0 Å². The van der Waals surface area contributed by atoms with E-state index in [0.29, 0.717) is 0 Å². The molecular weight excluding hydrogens is 450 g/mol. The van der Waals surface area contributed by atoms with Crippen molar-refractivity contribution in [3.63, 3.8) is 0 Å². The van der Waals surface area contributed by atoms with Crippen LogP contribution in [0.4, 0.5) is 0 Å².